The molecule has 0 amide bonds. The van der Waals surface area contributed by atoms with E-state index in [1.807, 2.05) is 0 Å². The third-order valence-electron chi connectivity index (χ3n) is 6.12. The molecule has 4 aromatic carbocycles. The van der Waals surface area contributed by atoms with Crippen molar-refractivity contribution in [2.24, 2.45) is 0 Å². The van der Waals surface area contributed by atoms with Crippen LogP contribution in [0.3, 0.4) is 0 Å². The number of nitrogen functional groups attached to an aromatic ring is 3. The topological polar surface area (TPSA) is 146 Å². The van der Waals surface area contributed by atoms with E-state index in [-0.39, 0.29) is 34.4 Å². The van der Waals surface area contributed by atoms with Crippen LogP contribution < -0.4 is 17.2 Å². The molecule has 0 spiro atoms. The van der Waals surface area contributed by atoms with Crippen LogP contribution in [0.1, 0.15) is 63.7 Å². The van der Waals surface area contributed by atoms with Crippen LogP contribution in [0, 0.1) is 0 Å². The van der Waals surface area contributed by atoms with Crippen LogP contribution in [0.15, 0.2) is 78.9 Å². The van der Waals surface area contributed by atoms with Crippen LogP contribution in [0.2, 0.25) is 0 Å². The van der Waals surface area contributed by atoms with Crippen molar-refractivity contribution in [2.75, 3.05) is 17.2 Å². The molecule has 7 nitrogen and oxygen atoms in total. The second-order valence-corrected chi connectivity index (χ2v) is 8.20. The number of ketones is 4. The summed E-state index contributed by atoms with van der Waals surface area (Å²) in [5, 5.41) is 0. The number of hydrogen-bond donors (Lipinski definition) is 3. The highest BCUT2D eigenvalue weighted by molar-refractivity contribution is 6.31. The molecule has 0 atom stereocenters. The maximum absolute atomic E-state index is 12.3. The molecule has 0 aromatic heterocycles. The molecule has 35 heavy (non-hydrogen) atoms. The van der Waals surface area contributed by atoms with Crippen molar-refractivity contribution in [2.45, 2.75) is 0 Å². The predicted molar refractivity (Wildman–Crippen MR) is 133 cm³/mol. The van der Waals surface area contributed by atoms with Crippen LogP contribution >= 0.6 is 0 Å². The summed E-state index contributed by atoms with van der Waals surface area (Å²) in [6.07, 6.45) is 0. The van der Waals surface area contributed by atoms with E-state index in [0.29, 0.717) is 50.3 Å². The van der Waals surface area contributed by atoms with Gasteiger partial charge in [0.1, 0.15) is 0 Å². The van der Waals surface area contributed by atoms with Crippen molar-refractivity contribution in [3.8, 4) is 0 Å². The third kappa shape index (κ3) is 3.38. The Morgan fingerprint density at radius 3 is 1.43 bits per heavy atom. The maximum atomic E-state index is 12.3. The Hall–Kier alpha value is -5.04. The van der Waals surface area contributed by atoms with Crippen molar-refractivity contribution in [1.82, 2.24) is 0 Å². The zero-order valence-electron chi connectivity index (χ0n) is 18.4. The van der Waals surface area contributed by atoms with Crippen LogP contribution in [0.25, 0.3) is 0 Å². The van der Waals surface area contributed by atoms with Crippen LogP contribution in [0.4, 0.5) is 17.1 Å². The fourth-order valence-electron chi connectivity index (χ4n) is 4.35. The number of benzene rings is 4. The van der Waals surface area contributed by atoms with Crippen LogP contribution in [-0.4, -0.2) is 23.1 Å². The summed E-state index contributed by atoms with van der Waals surface area (Å²) in [5.74, 6) is -0.686. The van der Waals surface area contributed by atoms with Crippen molar-refractivity contribution in [3.05, 3.63) is 123 Å². The minimum absolute atomic E-state index is 0.116. The largest absolute Gasteiger partial charge is 0.399 e. The lowest BCUT2D eigenvalue weighted by Gasteiger charge is -2.19. The fourth-order valence-corrected chi connectivity index (χ4v) is 4.35. The van der Waals surface area contributed by atoms with E-state index < -0.39 is 0 Å². The van der Waals surface area contributed by atoms with Gasteiger partial charge in [0.25, 0.3) is 0 Å². The Labute approximate surface area is 200 Å². The molecule has 4 aromatic rings. The van der Waals surface area contributed by atoms with Gasteiger partial charge in [-0.2, -0.15) is 0 Å². The Kier molecular flexibility index (Phi) is 5.02. The first kappa shape index (κ1) is 21.8. The van der Waals surface area contributed by atoms with E-state index in [1.54, 1.807) is 78.9 Å². The quantitative estimate of drug-likeness (QED) is 0.292. The van der Waals surface area contributed by atoms with Gasteiger partial charge in [0.2, 0.25) is 0 Å². The highest BCUT2D eigenvalue weighted by atomic mass is 16.1. The fraction of sp³-hybridized carbons (Fsp3) is 0. The molecule has 170 valence electrons. The van der Waals surface area contributed by atoms with Crippen LogP contribution in [-0.2, 0) is 0 Å². The standard InChI is InChI=1S/C14H10N2O2.C14H9NO2/c15-10-6-5-9-11(12(10)16)14(18)8-4-2-1-3-7(8)13(9)17;15-8-5-6-11-12(7-8)14(17)10-4-2-1-3-9(10)13(11)16/h1-6H,15-16H2;1-7H,15H2. The number of rotatable bonds is 0. The summed E-state index contributed by atoms with van der Waals surface area (Å²) < 4.78 is 0. The van der Waals surface area contributed by atoms with E-state index in [4.69, 9.17) is 17.2 Å². The number of carbonyl (C=O) groups excluding carboxylic acids is 4. The summed E-state index contributed by atoms with van der Waals surface area (Å²) in [6, 6.07) is 21.5. The zero-order chi connectivity index (χ0) is 24.9. The summed E-state index contributed by atoms with van der Waals surface area (Å²) in [5.41, 5.74) is 21.2. The first-order valence-electron chi connectivity index (χ1n) is 10.7. The lowest BCUT2D eigenvalue weighted by Crippen LogP contribution is -2.22. The van der Waals surface area contributed by atoms with Crippen molar-refractivity contribution >= 4 is 40.2 Å². The molecule has 2 aliphatic carbocycles. The van der Waals surface area contributed by atoms with Crippen molar-refractivity contribution in [3.63, 3.8) is 0 Å². The van der Waals surface area contributed by atoms with E-state index in [0.717, 1.165) is 0 Å². The van der Waals surface area contributed by atoms with Gasteiger partial charge in [-0.3, -0.25) is 19.2 Å². The first-order valence-corrected chi connectivity index (χ1v) is 10.7. The summed E-state index contributed by atoms with van der Waals surface area (Å²) in [6.45, 7) is 0. The SMILES string of the molecule is Nc1ccc2c(c1)C(=O)c1ccccc1C2=O.Nc1ccc2c(c1N)C(=O)c1ccccc1C2=O. The average molecular weight is 461 g/mol. The molecule has 0 aliphatic heterocycles. The Morgan fingerprint density at radius 2 is 0.857 bits per heavy atom. The Morgan fingerprint density at radius 1 is 0.429 bits per heavy atom. The average Bonchev–Trinajstić information content (AvgIpc) is 2.88. The molecule has 7 heteroatoms. The van der Waals surface area contributed by atoms with Gasteiger partial charge in [0.15, 0.2) is 23.1 Å². The number of anilines is 3. The van der Waals surface area contributed by atoms with E-state index in [2.05, 4.69) is 0 Å². The van der Waals surface area contributed by atoms with Gasteiger partial charge in [-0.05, 0) is 30.3 Å². The molecular formula is C28H19N3O4. The second-order valence-electron chi connectivity index (χ2n) is 8.20. The number of nitrogens with two attached hydrogens (primary N) is 3. The number of fused-ring (bicyclic) bond motifs is 4. The van der Waals surface area contributed by atoms with Gasteiger partial charge in [-0.1, -0.05) is 48.5 Å². The lowest BCUT2D eigenvalue weighted by atomic mass is 9.83. The third-order valence-corrected chi connectivity index (χ3v) is 6.12. The summed E-state index contributed by atoms with van der Waals surface area (Å²) in [7, 11) is 0. The Bertz CT molecular complexity index is 1600. The minimum atomic E-state index is -0.245. The molecular weight excluding hydrogens is 442 g/mol. The number of hydrogen-bond acceptors (Lipinski definition) is 7. The monoisotopic (exact) mass is 461 g/mol. The Balaban J connectivity index is 0.000000145. The molecule has 2 aliphatic rings. The molecule has 0 saturated heterocycles. The highest BCUT2D eigenvalue weighted by Gasteiger charge is 2.31. The van der Waals surface area contributed by atoms with Gasteiger partial charge in [0.05, 0.1) is 16.9 Å². The van der Waals surface area contributed by atoms with E-state index in [1.165, 1.54) is 0 Å². The highest BCUT2D eigenvalue weighted by Crippen LogP contribution is 2.33. The van der Waals surface area contributed by atoms with Gasteiger partial charge >= 0.3 is 0 Å². The molecule has 0 fully saturated rings. The summed E-state index contributed by atoms with van der Waals surface area (Å²) in [4.78, 5) is 49.0. The van der Waals surface area contributed by atoms with E-state index in [9.17, 15) is 19.2 Å². The zero-order valence-corrected chi connectivity index (χ0v) is 18.4. The van der Waals surface area contributed by atoms with Crippen LogP contribution in [0.5, 0.6) is 0 Å². The van der Waals surface area contributed by atoms with Crippen molar-refractivity contribution in [1.29, 1.82) is 0 Å². The molecule has 6 N–H and O–H groups in total. The molecule has 0 bridgehead atoms. The minimum Gasteiger partial charge on any atom is -0.399 e. The molecule has 6 rings (SSSR count). The molecule has 0 heterocycles. The van der Waals surface area contributed by atoms with Gasteiger partial charge in [-0.25, -0.2) is 0 Å². The normalized spacial score (nSPS) is 13.1. The number of carbonyl (C=O) groups is 4. The lowest BCUT2D eigenvalue weighted by molar-refractivity contribution is 0.0979. The van der Waals surface area contributed by atoms with Gasteiger partial charge < -0.3 is 17.2 Å². The summed E-state index contributed by atoms with van der Waals surface area (Å²) >= 11 is 0. The second kappa shape index (κ2) is 8.07. The molecule has 0 saturated carbocycles. The predicted octanol–water partition coefficient (Wildman–Crippen LogP) is 3.67. The molecule has 0 unspecified atom stereocenters. The first-order chi connectivity index (χ1) is 16.8. The van der Waals surface area contributed by atoms with E-state index >= 15 is 0 Å². The van der Waals surface area contributed by atoms with Gasteiger partial charge in [-0.15, -0.1) is 0 Å². The van der Waals surface area contributed by atoms with Crippen molar-refractivity contribution < 1.29 is 19.2 Å². The molecule has 0 radical (unpaired) electrons. The maximum Gasteiger partial charge on any atom is 0.196 e. The van der Waals surface area contributed by atoms with Gasteiger partial charge in [0, 0.05) is 44.6 Å². The smallest absolute Gasteiger partial charge is 0.196 e.